The van der Waals surface area contributed by atoms with Gasteiger partial charge in [0, 0.05) is 17.1 Å². The summed E-state index contributed by atoms with van der Waals surface area (Å²) >= 11 is 5.68. The quantitative estimate of drug-likeness (QED) is 0.479. The van der Waals surface area contributed by atoms with E-state index in [2.05, 4.69) is 10.6 Å². The number of carbonyl (C=O) groups excluding carboxylic acids is 2. The number of aliphatic hydroxyl groups is 1. The van der Waals surface area contributed by atoms with Crippen molar-refractivity contribution >= 4 is 34.9 Å². The lowest BCUT2D eigenvalue weighted by atomic mass is 9.99. The number of nitrogens with one attached hydrogen (secondary N) is 2. The third-order valence-corrected chi connectivity index (χ3v) is 5.76. The monoisotopic (exact) mass is 489 g/mol. The second kappa shape index (κ2) is 9.74. The average molecular weight is 490 g/mol. The van der Waals surface area contributed by atoms with Crippen molar-refractivity contribution in [3.63, 3.8) is 0 Å². The van der Waals surface area contributed by atoms with Gasteiger partial charge in [0.1, 0.15) is 11.9 Å². The number of nitrogens with zero attached hydrogens (tertiary/aromatic N) is 1. The van der Waals surface area contributed by atoms with Crippen LogP contribution in [0.4, 0.5) is 29.3 Å². The van der Waals surface area contributed by atoms with E-state index in [0.717, 1.165) is 11.0 Å². The Balaban J connectivity index is 1.50. The van der Waals surface area contributed by atoms with Gasteiger partial charge in [-0.15, -0.1) is 0 Å². The van der Waals surface area contributed by atoms with Gasteiger partial charge in [-0.2, -0.15) is 0 Å². The van der Waals surface area contributed by atoms with Crippen molar-refractivity contribution < 1.29 is 27.9 Å². The predicted octanol–water partition coefficient (Wildman–Crippen LogP) is 4.84. The molecule has 10 heteroatoms. The fraction of sp³-hybridized carbons (Fsp3) is 0.167. The molecule has 34 heavy (non-hydrogen) atoms. The van der Waals surface area contributed by atoms with Gasteiger partial charge < -0.3 is 20.6 Å². The summed E-state index contributed by atoms with van der Waals surface area (Å²) in [6.45, 7) is -0.305. The smallest absolute Gasteiger partial charge is 0.319 e. The number of aliphatic hydroxyl groups excluding tert-OH is 1. The fourth-order valence-electron chi connectivity index (χ4n) is 3.84. The van der Waals surface area contributed by atoms with E-state index in [-0.39, 0.29) is 41.5 Å². The molecule has 6 nitrogen and oxygen atoms in total. The molecule has 3 aromatic carbocycles. The first-order valence-corrected chi connectivity index (χ1v) is 10.7. The maximum Gasteiger partial charge on any atom is 0.319 e. The Labute approximate surface area is 198 Å². The number of anilines is 2. The highest BCUT2D eigenvalue weighted by molar-refractivity contribution is 6.30. The molecule has 176 valence electrons. The van der Waals surface area contributed by atoms with Gasteiger partial charge >= 0.3 is 6.03 Å². The molecule has 1 fully saturated rings. The SMILES string of the molecule is O=C(Nc1ccc(Cl)cc1F)N[C@@H]1CCN(c2ccc(-c3ccccc3CO)c(F)c2F)C1=O. The van der Waals surface area contributed by atoms with Crippen LogP contribution < -0.4 is 15.5 Å². The van der Waals surface area contributed by atoms with Crippen LogP contribution >= 0.6 is 11.6 Å². The number of carbonyl (C=O) groups is 2. The summed E-state index contributed by atoms with van der Waals surface area (Å²) in [5.41, 5.74) is 0.332. The molecule has 4 rings (SSSR count). The molecule has 1 aliphatic heterocycles. The molecule has 1 heterocycles. The van der Waals surface area contributed by atoms with Gasteiger partial charge in [0.15, 0.2) is 11.6 Å². The van der Waals surface area contributed by atoms with E-state index in [0.29, 0.717) is 11.1 Å². The second-order valence-electron chi connectivity index (χ2n) is 7.63. The first kappa shape index (κ1) is 23.6. The highest BCUT2D eigenvalue weighted by Gasteiger charge is 2.36. The third kappa shape index (κ3) is 4.57. The topological polar surface area (TPSA) is 81.7 Å². The third-order valence-electron chi connectivity index (χ3n) is 5.52. The van der Waals surface area contributed by atoms with E-state index in [1.807, 2.05) is 0 Å². The molecule has 0 aromatic heterocycles. The van der Waals surface area contributed by atoms with E-state index in [9.17, 15) is 27.9 Å². The summed E-state index contributed by atoms with van der Waals surface area (Å²) in [6, 6.07) is 10.9. The molecule has 1 aliphatic rings. The van der Waals surface area contributed by atoms with Crippen LogP contribution in [0.15, 0.2) is 54.6 Å². The molecule has 3 aromatic rings. The maximum atomic E-state index is 15.0. The van der Waals surface area contributed by atoms with Crippen molar-refractivity contribution in [3.05, 3.63) is 82.6 Å². The van der Waals surface area contributed by atoms with Crippen LogP contribution in [0.3, 0.4) is 0 Å². The molecule has 0 saturated carbocycles. The van der Waals surface area contributed by atoms with Crippen molar-refractivity contribution in [3.8, 4) is 11.1 Å². The van der Waals surface area contributed by atoms with Gasteiger partial charge in [-0.05, 0) is 47.9 Å². The van der Waals surface area contributed by atoms with Gasteiger partial charge in [-0.1, -0.05) is 35.9 Å². The normalized spacial score (nSPS) is 15.5. The number of amides is 3. The lowest BCUT2D eigenvalue weighted by molar-refractivity contribution is -0.118. The van der Waals surface area contributed by atoms with Crippen LogP contribution in [-0.4, -0.2) is 29.6 Å². The minimum atomic E-state index is -1.22. The molecule has 0 bridgehead atoms. The lowest BCUT2D eigenvalue weighted by Gasteiger charge is -2.20. The maximum absolute atomic E-state index is 15.0. The summed E-state index contributed by atoms with van der Waals surface area (Å²) in [7, 11) is 0. The summed E-state index contributed by atoms with van der Waals surface area (Å²) in [6.07, 6.45) is 0.144. The van der Waals surface area contributed by atoms with E-state index in [4.69, 9.17) is 11.6 Å². The summed E-state index contributed by atoms with van der Waals surface area (Å²) in [5.74, 6) is -3.75. The minimum Gasteiger partial charge on any atom is -0.392 e. The number of halogens is 4. The number of urea groups is 1. The van der Waals surface area contributed by atoms with Crippen LogP contribution in [0.25, 0.3) is 11.1 Å². The van der Waals surface area contributed by atoms with Crippen LogP contribution in [-0.2, 0) is 11.4 Å². The Morgan fingerprint density at radius 1 is 1.06 bits per heavy atom. The number of rotatable bonds is 5. The number of benzene rings is 3. The Hall–Kier alpha value is -3.56. The highest BCUT2D eigenvalue weighted by Crippen LogP contribution is 2.34. The van der Waals surface area contributed by atoms with Crippen LogP contribution in [0, 0.1) is 17.5 Å². The van der Waals surface area contributed by atoms with Gasteiger partial charge in [0.25, 0.3) is 0 Å². The van der Waals surface area contributed by atoms with E-state index >= 15 is 0 Å². The van der Waals surface area contributed by atoms with Gasteiger partial charge in [0.05, 0.1) is 18.0 Å². The van der Waals surface area contributed by atoms with Crippen molar-refractivity contribution in [1.82, 2.24) is 5.32 Å². The standard InChI is InChI=1S/C24H19ClF3N3O3/c25-14-5-7-18(17(26)11-14)29-24(34)30-19-9-10-31(23(19)33)20-8-6-16(21(27)22(20)28)15-4-2-1-3-13(15)12-32/h1-8,11,19,32H,9-10,12H2,(H2,29,30,34)/t19-/m1/s1. The van der Waals surface area contributed by atoms with Crippen molar-refractivity contribution in [2.75, 3.05) is 16.8 Å². The molecular weight excluding hydrogens is 471 g/mol. The van der Waals surface area contributed by atoms with Crippen LogP contribution in [0.5, 0.6) is 0 Å². The molecule has 1 atom stereocenters. The molecule has 0 aliphatic carbocycles. The van der Waals surface area contributed by atoms with Crippen molar-refractivity contribution in [1.29, 1.82) is 0 Å². The minimum absolute atomic E-state index is 0.0437. The summed E-state index contributed by atoms with van der Waals surface area (Å²) in [5, 5.41) is 14.4. The summed E-state index contributed by atoms with van der Waals surface area (Å²) in [4.78, 5) is 26.1. The second-order valence-corrected chi connectivity index (χ2v) is 8.07. The zero-order valence-electron chi connectivity index (χ0n) is 17.6. The Morgan fingerprint density at radius 2 is 1.82 bits per heavy atom. The number of hydrogen-bond donors (Lipinski definition) is 3. The first-order valence-electron chi connectivity index (χ1n) is 10.3. The molecule has 0 unspecified atom stereocenters. The molecule has 3 amide bonds. The first-order chi connectivity index (χ1) is 16.3. The predicted molar refractivity (Wildman–Crippen MR) is 122 cm³/mol. The Kier molecular flexibility index (Phi) is 6.76. The van der Waals surface area contributed by atoms with Crippen LogP contribution in [0.1, 0.15) is 12.0 Å². The lowest BCUT2D eigenvalue weighted by Crippen LogP contribution is -2.43. The molecule has 0 spiro atoms. The zero-order valence-corrected chi connectivity index (χ0v) is 18.4. The molecule has 0 radical (unpaired) electrons. The molecule has 3 N–H and O–H groups in total. The highest BCUT2D eigenvalue weighted by atomic mass is 35.5. The summed E-state index contributed by atoms with van der Waals surface area (Å²) < 4.78 is 43.8. The fourth-order valence-corrected chi connectivity index (χ4v) is 4.00. The largest absolute Gasteiger partial charge is 0.392 e. The number of hydrogen-bond acceptors (Lipinski definition) is 3. The Morgan fingerprint density at radius 3 is 2.56 bits per heavy atom. The zero-order chi connectivity index (χ0) is 24.4. The average Bonchev–Trinajstić information content (AvgIpc) is 3.17. The van der Waals surface area contributed by atoms with Gasteiger partial charge in [-0.3, -0.25) is 4.79 Å². The van der Waals surface area contributed by atoms with Crippen molar-refractivity contribution in [2.45, 2.75) is 19.1 Å². The molecular formula is C24H19ClF3N3O3. The van der Waals surface area contributed by atoms with Gasteiger partial charge in [0.2, 0.25) is 5.91 Å². The van der Waals surface area contributed by atoms with E-state index in [1.165, 1.54) is 24.3 Å². The Bertz CT molecular complexity index is 1270. The van der Waals surface area contributed by atoms with E-state index in [1.54, 1.807) is 24.3 Å². The van der Waals surface area contributed by atoms with Crippen molar-refractivity contribution in [2.24, 2.45) is 0 Å². The van der Waals surface area contributed by atoms with E-state index < -0.39 is 35.4 Å². The van der Waals surface area contributed by atoms with Gasteiger partial charge in [-0.25, -0.2) is 18.0 Å². The molecule has 1 saturated heterocycles. The van der Waals surface area contributed by atoms with Crippen LogP contribution in [0.2, 0.25) is 5.02 Å².